The molecular formula is C24H23ClN6O2. The predicted octanol–water partition coefficient (Wildman–Crippen LogP) is 3.51. The Hall–Kier alpha value is -4.17. The topological polar surface area (TPSA) is 135 Å². The van der Waals surface area contributed by atoms with Gasteiger partial charge in [0.05, 0.1) is 10.6 Å². The van der Waals surface area contributed by atoms with E-state index in [1.165, 1.54) is 18.2 Å². The van der Waals surface area contributed by atoms with Gasteiger partial charge in [0.15, 0.2) is 0 Å². The van der Waals surface area contributed by atoms with Crippen LogP contribution in [0, 0.1) is 0 Å². The number of carbonyl (C=O) groups excluding carboxylic acids is 2. The van der Waals surface area contributed by atoms with Crippen LogP contribution in [0.15, 0.2) is 76.7 Å². The lowest BCUT2D eigenvalue weighted by atomic mass is 10.1. The largest absolute Gasteiger partial charge is 0.384 e. The Morgan fingerprint density at radius 1 is 0.697 bits per heavy atom. The molecule has 0 fully saturated rings. The molecule has 168 valence electrons. The maximum absolute atomic E-state index is 12.6. The van der Waals surface area contributed by atoms with Gasteiger partial charge >= 0.3 is 0 Å². The first-order valence-electron chi connectivity index (χ1n) is 9.90. The minimum absolute atomic E-state index is 0.154. The van der Waals surface area contributed by atoms with Gasteiger partial charge in [0.2, 0.25) is 0 Å². The average molecular weight is 463 g/mol. The summed E-state index contributed by atoms with van der Waals surface area (Å²) in [6.45, 7) is 0. The summed E-state index contributed by atoms with van der Waals surface area (Å²) in [6, 6.07) is 18.4. The van der Waals surface area contributed by atoms with Crippen LogP contribution in [0.1, 0.15) is 31.8 Å². The number of amidine groups is 2. The number of nitrogens with one attached hydrogen (secondary N) is 2. The Morgan fingerprint density at radius 2 is 1.12 bits per heavy atom. The second kappa shape index (κ2) is 10.4. The highest BCUT2D eigenvalue weighted by atomic mass is 35.5. The van der Waals surface area contributed by atoms with Crippen molar-refractivity contribution < 1.29 is 9.59 Å². The van der Waals surface area contributed by atoms with Crippen molar-refractivity contribution in [1.82, 2.24) is 0 Å². The first kappa shape index (κ1) is 23.5. The monoisotopic (exact) mass is 462 g/mol. The highest BCUT2D eigenvalue weighted by Gasteiger charge is 2.14. The van der Waals surface area contributed by atoms with Gasteiger partial charge in [0, 0.05) is 42.2 Å². The molecule has 6 N–H and O–H groups in total. The Morgan fingerprint density at radius 3 is 1.55 bits per heavy atom. The van der Waals surface area contributed by atoms with Crippen LogP contribution in [0.4, 0.5) is 11.4 Å². The smallest absolute Gasteiger partial charge is 0.257 e. The van der Waals surface area contributed by atoms with E-state index in [2.05, 4.69) is 20.6 Å². The Bertz CT molecular complexity index is 1230. The minimum Gasteiger partial charge on any atom is -0.384 e. The number of benzene rings is 3. The first-order chi connectivity index (χ1) is 15.8. The van der Waals surface area contributed by atoms with E-state index in [0.29, 0.717) is 28.6 Å². The number of hydrogen-bond acceptors (Lipinski definition) is 4. The summed E-state index contributed by atoms with van der Waals surface area (Å²) in [7, 11) is 3.21. The molecule has 3 aromatic carbocycles. The lowest BCUT2D eigenvalue weighted by Gasteiger charge is -2.10. The molecule has 0 saturated carbocycles. The van der Waals surface area contributed by atoms with Crippen LogP contribution in [0.2, 0.25) is 5.02 Å². The van der Waals surface area contributed by atoms with Crippen molar-refractivity contribution in [2.75, 3.05) is 24.7 Å². The van der Waals surface area contributed by atoms with Gasteiger partial charge < -0.3 is 22.1 Å². The van der Waals surface area contributed by atoms with Gasteiger partial charge in [0.25, 0.3) is 11.8 Å². The summed E-state index contributed by atoms with van der Waals surface area (Å²) in [5, 5.41) is 5.70. The molecule has 0 aromatic heterocycles. The molecule has 0 aliphatic heterocycles. The molecule has 0 atom stereocenters. The molecule has 0 unspecified atom stereocenters. The van der Waals surface area contributed by atoms with Crippen LogP contribution in [0.5, 0.6) is 0 Å². The maximum atomic E-state index is 12.6. The van der Waals surface area contributed by atoms with Gasteiger partial charge in [0.1, 0.15) is 11.7 Å². The molecule has 0 saturated heterocycles. The van der Waals surface area contributed by atoms with E-state index < -0.39 is 5.91 Å². The average Bonchev–Trinajstić information content (AvgIpc) is 2.83. The van der Waals surface area contributed by atoms with Crippen LogP contribution < -0.4 is 22.1 Å². The molecule has 0 heterocycles. The zero-order valence-corrected chi connectivity index (χ0v) is 18.9. The van der Waals surface area contributed by atoms with Gasteiger partial charge in [-0.05, 0) is 66.7 Å². The third-order valence-corrected chi connectivity index (χ3v) is 5.15. The third-order valence-electron chi connectivity index (χ3n) is 4.83. The molecule has 0 aliphatic carbocycles. The standard InChI is InChI=1S/C24H23ClN6O2/c1-28-21(26)14-3-8-17(9-4-14)30-23(32)16-7-12-19(20(25)13-16)24(33)31-18-10-5-15(6-11-18)22(27)29-2/h3-13H,1-2H3,(H2,26,28)(H2,27,29)(H,30,32)(H,31,33). The van der Waals surface area contributed by atoms with Crippen molar-refractivity contribution in [2.24, 2.45) is 21.5 Å². The molecule has 0 bridgehead atoms. The highest BCUT2D eigenvalue weighted by molar-refractivity contribution is 6.35. The number of nitrogens with two attached hydrogens (primary N) is 2. The summed E-state index contributed by atoms with van der Waals surface area (Å²) in [5.74, 6) is 0.0465. The van der Waals surface area contributed by atoms with Crippen LogP contribution in [0.25, 0.3) is 0 Å². The number of halogens is 1. The van der Waals surface area contributed by atoms with Gasteiger partial charge in [-0.1, -0.05) is 11.6 Å². The summed E-state index contributed by atoms with van der Waals surface area (Å²) in [4.78, 5) is 33.1. The predicted molar refractivity (Wildman–Crippen MR) is 134 cm³/mol. The van der Waals surface area contributed by atoms with E-state index in [1.54, 1.807) is 62.6 Å². The first-order valence-corrected chi connectivity index (χ1v) is 10.3. The van der Waals surface area contributed by atoms with Gasteiger partial charge in [-0.2, -0.15) is 0 Å². The highest BCUT2D eigenvalue weighted by Crippen LogP contribution is 2.21. The zero-order chi connectivity index (χ0) is 24.0. The van der Waals surface area contributed by atoms with E-state index in [4.69, 9.17) is 23.1 Å². The van der Waals surface area contributed by atoms with Gasteiger partial charge in [-0.3, -0.25) is 19.6 Å². The van der Waals surface area contributed by atoms with Crippen molar-refractivity contribution in [3.8, 4) is 0 Å². The van der Waals surface area contributed by atoms with E-state index in [-0.39, 0.29) is 16.5 Å². The molecule has 0 aliphatic rings. The summed E-state index contributed by atoms with van der Waals surface area (Å²) < 4.78 is 0. The number of carbonyl (C=O) groups is 2. The van der Waals surface area contributed by atoms with Crippen LogP contribution in [0.3, 0.4) is 0 Å². The fourth-order valence-corrected chi connectivity index (χ4v) is 3.22. The van der Waals surface area contributed by atoms with Gasteiger partial charge in [-0.25, -0.2) is 0 Å². The molecule has 33 heavy (non-hydrogen) atoms. The quantitative estimate of drug-likeness (QED) is 0.329. The second-order valence-electron chi connectivity index (χ2n) is 6.98. The molecule has 8 nitrogen and oxygen atoms in total. The molecular weight excluding hydrogens is 440 g/mol. The van der Waals surface area contributed by atoms with Crippen molar-refractivity contribution in [3.05, 3.63) is 94.0 Å². The van der Waals surface area contributed by atoms with Crippen molar-refractivity contribution in [1.29, 1.82) is 0 Å². The fourth-order valence-electron chi connectivity index (χ4n) is 2.95. The molecule has 0 spiro atoms. The van der Waals surface area contributed by atoms with E-state index in [9.17, 15) is 9.59 Å². The SMILES string of the molecule is CN=C(N)c1ccc(NC(=O)c2ccc(C(=O)Nc3ccc(C(N)=NC)cc3)c(Cl)c2)cc1. The number of rotatable bonds is 6. The van der Waals surface area contributed by atoms with Crippen LogP contribution >= 0.6 is 11.6 Å². The third kappa shape index (κ3) is 5.75. The van der Waals surface area contributed by atoms with Crippen molar-refractivity contribution in [3.63, 3.8) is 0 Å². The number of nitrogens with zero attached hydrogens (tertiary/aromatic N) is 2. The second-order valence-corrected chi connectivity index (χ2v) is 7.38. The normalized spacial score (nSPS) is 11.7. The van der Waals surface area contributed by atoms with E-state index in [0.717, 1.165) is 11.1 Å². The van der Waals surface area contributed by atoms with E-state index >= 15 is 0 Å². The Kier molecular flexibility index (Phi) is 7.42. The summed E-state index contributed by atoms with van der Waals surface area (Å²) in [6.07, 6.45) is 0. The van der Waals surface area contributed by atoms with Crippen LogP contribution in [-0.4, -0.2) is 37.6 Å². The Labute approximate surface area is 196 Å². The van der Waals surface area contributed by atoms with Crippen molar-refractivity contribution in [2.45, 2.75) is 0 Å². The molecule has 3 rings (SSSR count). The number of amides is 2. The lowest BCUT2D eigenvalue weighted by molar-refractivity contribution is 0.101. The molecule has 0 radical (unpaired) electrons. The lowest BCUT2D eigenvalue weighted by Crippen LogP contribution is -2.16. The zero-order valence-electron chi connectivity index (χ0n) is 18.1. The van der Waals surface area contributed by atoms with Crippen molar-refractivity contribution >= 4 is 46.5 Å². The maximum Gasteiger partial charge on any atom is 0.257 e. The molecule has 2 amide bonds. The summed E-state index contributed by atoms with van der Waals surface area (Å²) >= 11 is 6.29. The molecule has 9 heteroatoms. The van der Waals surface area contributed by atoms with Gasteiger partial charge in [-0.15, -0.1) is 0 Å². The van der Waals surface area contributed by atoms with Crippen LogP contribution in [-0.2, 0) is 0 Å². The Balaban J connectivity index is 1.68. The number of hydrogen-bond donors (Lipinski definition) is 4. The summed E-state index contributed by atoms with van der Waals surface area (Å²) in [5.41, 5.74) is 14.8. The molecule has 3 aromatic rings. The minimum atomic E-state index is -0.400. The number of aliphatic imine (C=N–C) groups is 2. The number of anilines is 2. The fraction of sp³-hybridized carbons (Fsp3) is 0.0833. The van der Waals surface area contributed by atoms with E-state index in [1.807, 2.05) is 0 Å².